The SMILES string of the molecule is CCCN(CCC)S(=O)(=O)c1ccc(C(=O)N2CCCC(N)C2)cc1. The standard InChI is InChI=1S/C18H29N3O3S/c1-3-11-21(12-4-2)25(23,24)17-9-7-15(8-10-17)18(22)20-13-5-6-16(19)14-20/h7-10,16H,3-6,11-14,19H2,1-2H3. The van der Waals surface area contributed by atoms with Crippen molar-refractivity contribution in [1.82, 2.24) is 9.21 Å². The fraction of sp³-hybridized carbons (Fsp3) is 0.611. The van der Waals surface area contributed by atoms with Crippen LogP contribution < -0.4 is 5.73 Å². The summed E-state index contributed by atoms with van der Waals surface area (Å²) in [4.78, 5) is 14.5. The molecule has 1 fully saturated rings. The number of carbonyl (C=O) groups is 1. The Hall–Kier alpha value is -1.44. The van der Waals surface area contributed by atoms with Gasteiger partial charge in [0.15, 0.2) is 0 Å². The number of piperidine rings is 1. The molecule has 1 aromatic carbocycles. The third kappa shape index (κ3) is 4.80. The van der Waals surface area contributed by atoms with Crippen molar-refractivity contribution in [2.24, 2.45) is 5.73 Å². The number of carbonyl (C=O) groups excluding carboxylic acids is 1. The van der Waals surface area contributed by atoms with Crippen LogP contribution in [0.3, 0.4) is 0 Å². The highest BCUT2D eigenvalue weighted by molar-refractivity contribution is 7.89. The number of nitrogens with two attached hydrogens (primary N) is 1. The zero-order valence-corrected chi connectivity index (χ0v) is 16.0. The minimum atomic E-state index is -3.51. The first-order chi connectivity index (χ1) is 11.9. The normalized spacial score (nSPS) is 18.6. The lowest BCUT2D eigenvalue weighted by Crippen LogP contribution is -2.45. The van der Waals surface area contributed by atoms with E-state index in [-0.39, 0.29) is 16.8 Å². The van der Waals surface area contributed by atoms with Gasteiger partial charge in [-0.2, -0.15) is 4.31 Å². The van der Waals surface area contributed by atoms with Crippen LogP contribution in [0.2, 0.25) is 0 Å². The molecule has 1 saturated heterocycles. The van der Waals surface area contributed by atoms with Crippen LogP contribution in [0.5, 0.6) is 0 Å². The molecule has 0 aliphatic carbocycles. The largest absolute Gasteiger partial charge is 0.337 e. The third-order valence-corrected chi connectivity index (χ3v) is 6.34. The van der Waals surface area contributed by atoms with Crippen LogP contribution >= 0.6 is 0 Å². The van der Waals surface area contributed by atoms with Gasteiger partial charge in [0.2, 0.25) is 10.0 Å². The summed E-state index contributed by atoms with van der Waals surface area (Å²) >= 11 is 0. The van der Waals surface area contributed by atoms with E-state index in [4.69, 9.17) is 5.73 Å². The van der Waals surface area contributed by atoms with Crippen LogP contribution in [-0.4, -0.2) is 55.8 Å². The first-order valence-corrected chi connectivity index (χ1v) is 10.5. The Morgan fingerprint density at radius 1 is 1.20 bits per heavy atom. The van der Waals surface area contributed by atoms with E-state index in [0.717, 1.165) is 25.7 Å². The van der Waals surface area contributed by atoms with Gasteiger partial charge in [-0.25, -0.2) is 8.42 Å². The molecule has 0 spiro atoms. The summed E-state index contributed by atoms with van der Waals surface area (Å²) < 4.78 is 27.0. The summed E-state index contributed by atoms with van der Waals surface area (Å²) in [6.07, 6.45) is 3.38. The molecule has 0 aromatic heterocycles. The summed E-state index contributed by atoms with van der Waals surface area (Å²) in [7, 11) is -3.51. The number of amides is 1. The predicted octanol–water partition coefficient (Wildman–Crippen LogP) is 2.06. The minimum Gasteiger partial charge on any atom is -0.337 e. The van der Waals surface area contributed by atoms with Crippen molar-refractivity contribution >= 4 is 15.9 Å². The lowest BCUT2D eigenvalue weighted by molar-refractivity contribution is 0.0708. The number of hydrogen-bond donors (Lipinski definition) is 1. The van der Waals surface area contributed by atoms with E-state index < -0.39 is 10.0 Å². The minimum absolute atomic E-state index is 0.0222. The van der Waals surface area contributed by atoms with Crippen molar-refractivity contribution in [2.45, 2.75) is 50.5 Å². The number of benzene rings is 1. The lowest BCUT2D eigenvalue weighted by Gasteiger charge is -2.30. The van der Waals surface area contributed by atoms with Crippen LogP contribution in [0.4, 0.5) is 0 Å². The Labute approximate surface area is 151 Å². The molecule has 2 N–H and O–H groups in total. The maximum Gasteiger partial charge on any atom is 0.253 e. The monoisotopic (exact) mass is 367 g/mol. The molecule has 6 nitrogen and oxygen atoms in total. The highest BCUT2D eigenvalue weighted by Crippen LogP contribution is 2.19. The molecule has 7 heteroatoms. The number of sulfonamides is 1. The Morgan fingerprint density at radius 3 is 2.32 bits per heavy atom. The van der Waals surface area contributed by atoms with E-state index >= 15 is 0 Å². The Morgan fingerprint density at radius 2 is 1.80 bits per heavy atom. The average molecular weight is 368 g/mol. The first kappa shape index (κ1) is 19.9. The van der Waals surface area contributed by atoms with Crippen LogP contribution in [-0.2, 0) is 10.0 Å². The van der Waals surface area contributed by atoms with Gasteiger partial charge in [0.25, 0.3) is 5.91 Å². The van der Waals surface area contributed by atoms with E-state index in [9.17, 15) is 13.2 Å². The van der Waals surface area contributed by atoms with Crippen molar-refractivity contribution in [1.29, 1.82) is 0 Å². The molecular formula is C18H29N3O3S. The number of hydrogen-bond acceptors (Lipinski definition) is 4. The molecule has 1 aliphatic rings. The molecule has 25 heavy (non-hydrogen) atoms. The third-order valence-electron chi connectivity index (χ3n) is 4.43. The van der Waals surface area contributed by atoms with Crippen molar-refractivity contribution in [2.75, 3.05) is 26.2 Å². The van der Waals surface area contributed by atoms with Crippen LogP contribution in [0.25, 0.3) is 0 Å². The van der Waals surface area contributed by atoms with E-state index in [1.54, 1.807) is 17.0 Å². The molecular weight excluding hydrogens is 338 g/mol. The van der Waals surface area contributed by atoms with Crippen LogP contribution in [0.15, 0.2) is 29.2 Å². The molecule has 0 bridgehead atoms. The summed E-state index contributed by atoms with van der Waals surface area (Å²) in [5.74, 6) is -0.0851. The van der Waals surface area contributed by atoms with Crippen LogP contribution in [0.1, 0.15) is 49.9 Å². The van der Waals surface area contributed by atoms with E-state index in [1.165, 1.54) is 16.4 Å². The van der Waals surface area contributed by atoms with Gasteiger partial charge < -0.3 is 10.6 Å². The Kier molecular flexibility index (Phi) is 6.98. The zero-order chi connectivity index (χ0) is 18.4. The molecule has 1 unspecified atom stereocenters. The van der Waals surface area contributed by atoms with Crippen molar-refractivity contribution in [3.05, 3.63) is 29.8 Å². The highest BCUT2D eigenvalue weighted by Gasteiger charge is 2.25. The molecule has 2 rings (SSSR count). The molecule has 0 saturated carbocycles. The van der Waals surface area contributed by atoms with E-state index in [0.29, 0.717) is 31.7 Å². The summed E-state index contributed by atoms with van der Waals surface area (Å²) in [6, 6.07) is 6.29. The fourth-order valence-corrected chi connectivity index (χ4v) is 4.77. The predicted molar refractivity (Wildman–Crippen MR) is 98.9 cm³/mol. The molecule has 1 aliphatic heterocycles. The smallest absolute Gasteiger partial charge is 0.253 e. The first-order valence-electron chi connectivity index (χ1n) is 9.05. The maximum atomic E-state index is 12.8. The van der Waals surface area contributed by atoms with Crippen molar-refractivity contribution in [3.63, 3.8) is 0 Å². The van der Waals surface area contributed by atoms with Crippen molar-refractivity contribution in [3.8, 4) is 0 Å². The Balaban J connectivity index is 2.16. The van der Waals surface area contributed by atoms with Gasteiger partial charge in [-0.1, -0.05) is 13.8 Å². The summed E-state index contributed by atoms with van der Waals surface area (Å²) in [5, 5.41) is 0. The average Bonchev–Trinajstić information content (AvgIpc) is 2.61. The molecule has 1 atom stereocenters. The zero-order valence-electron chi connectivity index (χ0n) is 15.1. The van der Waals surface area contributed by atoms with Crippen LogP contribution in [0, 0.1) is 0 Å². The van der Waals surface area contributed by atoms with Crippen molar-refractivity contribution < 1.29 is 13.2 Å². The van der Waals surface area contributed by atoms with E-state index in [1.807, 2.05) is 13.8 Å². The quantitative estimate of drug-likeness (QED) is 0.799. The number of likely N-dealkylation sites (tertiary alicyclic amines) is 1. The molecule has 140 valence electrons. The van der Waals surface area contributed by atoms with Gasteiger partial charge in [0.05, 0.1) is 4.90 Å². The highest BCUT2D eigenvalue weighted by atomic mass is 32.2. The number of rotatable bonds is 7. The number of nitrogens with zero attached hydrogens (tertiary/aromatic N) is 2. The topological polar surface area (TPSA) is 83.7 Å². The second-order valence-corrected chi connectivity index (χ2v) is 8.52. The van der Waals surface area contributed by atoms with Gasteiger partial charge in [0.1, 0.15) is 0 Å². The lowest BCUT2D eigenvalue weighted by atomic mass is 10.1. The van der Waals surface area contributed by atoms with E-state index in [2.05, 4.69) is 0 Å². The molecule has 1 heterocycles. The molecule has 1 amide bonds. The summed E-state index contributed by atoms with van der Waals surface area (Å²) in [5.41, 5.74) is 6.44. The fourth-order valence-electron chi connectivity index (χ4n) is 3.15. The van der Waals surface area contributed by atoms with Gasteiger partial charge in [0, 0.05) is 37.8 Å². The van der Waals surface area contributed by atoms with Gasteiger partial charge in [-0.05, 0) is 49.9 Å². The molecule has 1 aromatic rings. The summed E-state index contributed by atoms with van der Waals surface area (Å²) in [6.45, 7) is 6.19. The molecule has 0 radical (unpaired) electrons. The van der Waals surface area contributed by atoms with Gasteiger partial charge in [-0.15, -0.1) is 0 Å². The van der Waals surface area contributed by atoms with Gasteiger partial charge >= 0.3 is 0 Å². The Bertz CT molecular complexity index is 667. The second kappa shape index (κ2) is 8.78. The second-order valence-electron chi connectivity index (χ2n) is 6.58. The maximum absolute atomic E-state index is 12.8. The van der Waals surface area contributed by atoms with Gasteiger partial charge in [-0.3, -0.25) is 4.79 Å².